The maximum absolute atomic E-state index is 13.5. The molecule has 5 rings (SSSR count). The van der Waals surface area contributed by atoms with Crippen LogP contribution in [0.1, 0.15) is 60.3 Å². The first-order valence-corrected chi connectivity index (χ1v) is 13.0. The molecule has 0 radical (unpaired) electrons. The molecular formula is C28H29NO2S. The molecule has 164 valence electrons. The van der Waals surface area contributed by atoms with Gasteiger partial charge in [0.2, 0.25) is 0 Å². The SMILES string of the molecule is Cc1ccc(S(=O)(=O)NC2=C(C3CCCCC3)c3ccccc3[C@H]2c2ccccc2)cc1. The summed E-state index contributed by atoms with van der Waals surface area (Å²) in [5.41, 5.74) is 6.60. The van der Waals surface area contributed by atoms with E-state index in [0.29, 0.717) is 10.8 Å². The van der Waals surface area contributed by atoms with Gasteiger partial charge < -0.3 is 0 Å². The van der Waals surface area contributed by atoms with E-state index in [0.717, 1.165) is 29.7 Å². The van der Waals surface area contributed by atoms with Crippen molar-refractivity contribution in [2.45, 2.75) is 49.8 Å². The smallest absolute Gasteiger partial charge is 0.261 e. The van der Waals surface area contributed by atoms with Crippen LogP contribution in [-0.2, 0) is 10.0 Å². The molecule has 0 spiro atoms. The van der Waals surface area contributed by atoms with E-state index in [1.807, 2.05) is 37.3 Å². The second-order valence-electron chi connectivity index (χ2n) is 9.01. The second-order valence-corrected chi connectivity index (χ2v) is 10.7. The molecule has 0 aromatic heterocycles. The predicted molar refractivity (Wildman–Crippen MR) is 130 cm³/mol. The lowest BCUT2D eigenvalue weighted by atomic mass is 9.81. The van der Waals surface area contributed by atoms with E-state index >= 15 is 0 Å². The highest BCUT2D eigenvalue weighted by molar-refractivity contribution is 7.89. The van der Waals surface area contributed by atoms with E-state index in [9.17, 15) is 8.42 Å². The molecule has 1 saturated carbocycles. The maximum atomic E-state index is 13.5. The van der Waals surface area contributed by atoms with E-state index < -0.39 is 10.0 Å². The molecule has 2 aliphatic rings. The van der Waals surface area contributed by atoms with Gasteiger partial charge in [-0.15, -0.1) is 0 Å². The van der Waals surface area contributed by atoms with Crippen molar-refractivity contribution in [3.8, 4) is 0 Å². The molecule has 0 aliphatic heterocycles. The molecular weight excluding hydrogens is 414 g/mol. The third-order valence-corrected chi connectivity index (χ3v) is 8.24. The maximum Gasteiger partial charge on any atom is 0.261 e. The summed E-state index contributed by atoms with van der Waals surface area (Å²) in [6.07, 6.45) is 5.88. The zero-order valence-corrected chi connectivity index (χ0v) is 19.2. The largest absolute Gasteiger partial charge is 0.282 e. The summed E-state index contributed by atoms with van der Waals surface area (Å²) in [5, 5.41) is 0. The van der Waals surface area contributed by atoms with E-state index in [1.165, 1.54) is 36.0 Å². The summed E-state index contributed by atoms with van der Waals surface area (Å²) in [6, 6.07) is 25.8. The number of fused-ring (bicyclic) bond motifs is 1. The predicted octanol–water partition coefficient (Wildman–Crippen LogP) is 6.41. The van der Waals surface area contributed by atoms with E-state index in [4.69, 9.17) is 0 Å². The van der Waals surface area contributed by atoms with Gasteiger partial charge in [-0.25, -0.2) is 8.42 Å². The Labute approximate surface area is 191 Å². The molecule has 3 aromatic carbocycles. The molecule has 0 heterocycles. The summed E-state index contributed by atoms with van der Waals surface area (Å²) >= 11 is 0. The van der Waals surface area contributed by atoms with Crippen LogP contribution in [0.25, 0.3) is 5.57 Å². The Morgan fingerprint density at radius 3 is 2.16 bits per heavy atom. The number of sulfonamides is 1. The summed E-state index contributed by atoms with van der Waals surface area (Å²) in [5.74, 6) is 0.277. The standard InChI is InChI=1S/C28H29NO2S/c1-20-16-18-23(19-17-20)32(30,31)29-28-26(21-10-4-2-5-11-21)24-14-8-9-15-25(24)27(28)22-12-6-3-7-13-22/h2,4-5,8-11,14-19,22,26,29H,3,6-7,12-13H2,1H3/t26-/m1/s1. The highest BCUT2D eigenvalue weighted by Gasteiger charge is 2.37. The van der Waals surface area contributed by atoms with Crippen LogP contribution in [-0.4, -0.2) is 8.42 Å². The number of nitrogens with one attached hydrogen (secondary N) is 1. The highest BCUT2D eigenvalue weighted by Crippen LogP contribution is 2.50. The minimum absolute atomic E-state index is 0.107. The Morgan fingerprint density at radius 1 is 0.781 bits per heavy atom. The average Bonchev–Trinajstić information content (AvgIpc) is 3.13. The molecule has 0 amide bonds. The van der Waals surface area contributed by atoms with Gasteiger partial charge in [-0.05, 0) is 60.1 Å². The van der Waals surface area contributed by atoms with Crippen LogP contribution in [0, 0.1) is 12.8 Å². The van der Waals surface area contributed by atoms with Gasteiger partial charge in [0, 0.05) is 5.70 Å². The van der Waals surface area contributed by atoms with Gasteiger partial charge in [-0.1, -0.05) is 91.6 Å². The number of hydrogen-bond donors (Lipinski definition) is 1. The topological polar surface area (TPSA) is 46.2 Å². The minimum Gasteiger partial charge on any atom is -0.282 e. The molecule has 0 bridgehead atoms. The van der Waals surface area contributed by atoms with Crippen molar-refractivity contribution in [1.82, 2.24) is 4.72 Å². The zero-order valence-electron chi connectivity index (χ0n) is 18.4. The molecule has 2 aliphatic carbocycles. The van der Waals surface area contributed by atoms with Gasteiger partial charge in [0.05, 0.1) is 10.8 Å². The van der Waals surface area contributed by atoms with E-state index in [-0.39, 0.29) is 5.92 Å². The van der Waals surface area contributed by atoms with Crippen molar-refractivity contribution >= 4 is 15.6 Å². The van der Waals surface area contributed by atoms with Crippen molar-refractivity contribution in [3.63, 3.8) is 0 Å². The quantitative estimate of drug-likeness (QED) is 0.495. The molecule has 0 saturated heterocycles. The van der Waals surface area contributed by atoms with Crippen molar-refractivity contribution < 1.29 is 8.42 Å². The summed E-state index contributed by atoms with van der Waals surface area (Å²) in [7, 11) is -3.70. The highest BCUT2D eigenvalue weighted by atomic mass is 32.2. The first kappa shape index (κ1) is 21.0. The Morgan fingerprint density at radius 2 is 1.44 bits per heavy atom. The van der Waals surface area contributed by atoms with Crippen LogP contribution in [0.4, 0.5) is 0 Å². The van der Waals surface area contributed by atoms with Crippen LogP contribution < -0.4 is 4.72 Å². The first-order valence-electron chi connectivity index (χ1n) is 11.5. The van der Waals surface area contributed by atoms with Crippen LogP contribution in [0.5, 0.6) is 0 Å². The van der Waals surface area contributed by atoms with Gasteiger partial charge in [0.1, 0.15) is 0 Å². The third-order valence-electron chi connectivity index (χ3n) is 6.86. The van der Waals surface area contributed by atoms with Gasteiger partial charge in [-0.3, -0.25) is 4.72 Å². The van der Waals surface area contributed by atoms with Crippen LogP contribution in [0.3, 0.4) is 0 Å². The number of benzene rings is 3. The van der Waals surface area contributed by atoms with Crippen molar-refractivity contribution in [2.75, 3.05) is 0 Å². The lowest BCUT2D eigenvalue weighted by Gasteiger charge is -2.26. The van der Waals surface area contributed by atoms with Crippen LogP contribution >= 0.6 is 0 Å². The van der Waals surface area contributed by atoms with E-state index in [2.05, 4.69) is 41.1 Å². The van der Waals surface area contributed by atoms with Crippen LogP contribution in [0.2, 0.25) is 0 Å². The van der Waals surface area contributed by atoms with Crippen LogP contribution in [0.15, 0.2) is 89.5 Å². The average molecular weight is 444 g/mol. The molecule has 1 atom stereocenters. The normalized spacial score (nSPS) is 19.1. The third kappa shape index (κ3) is 3.88. The Bertz CT molecular complexity index is 1240. The summed E-state index contributed by atoms with van der Waals surface area (Å²) in [4.78, 5) is 0.307. The number of allylic oxidation sites excluding steroid dienone is 2. The Kier molecular flexibility index (Phi) is 5.64. The molecule has 3 nitrogen and oxygen atoms in total. The Hall–Kier alpha value is -2.85. The number of hydrogen-bond acceptors (Lipinski definition) is 2. The molecule has 32 heavy (non-hydrogen) atoms. The summed E-state index contributed by atoms with van der Waals surface area (Å²) < 4.78 is 30.1. The zero-order chi connectivity index (χ0) is 22.1. The Balaban J connectivity index is 1.67. The number of aryl methyl sites for hydroxylation is 1. The van der Waals surface area contributed by atoms with E-state index in [1.54, 1.807) is 12.1 Å². The second kappa shape index (κ2) is 8.59. The van der Waals surface area contributed by atoms with Crippen molar-refractivity contribution in [3.05, 3.63) is 107 Å². The monoisotopic (exact) mass is 443 g/mol. The molecule has 1 N–H and O–H groups in total. The van der Waals surface area contributed by atoms with Gasteiger partial charge in [-0.2, -0.15) is 0 Å². The van der Waals surface area contributed by atoms with Gasteiger partial charge >= 0.3 is 0 Å². The lowest BCUT2D eigenvalue weighted by Crippen LogP contribution is -2.27. The molecule has 0 unspecified atom stereocenters. The van der Waals surface area contributed by atoms with Gasteiger partial charge in [0.25, 0.3) is 10.0 Å². The summed E-state index contributed by atoms with van der Waals surface area (Å²) in [6.45, 7) is 1.96. The minimum atomic E-state index is -3.70. The van der Waals surface area contributed by atoms with Crippen molar-refractivity contribution in [1.29, 1.82) is 0 Å². The fourth-order valence-corrected chi connectivity index (χ4v) is 6.44. The molecule has 4 heteroatoms. The molecule has 3 aromatic rings. The fourth-order valence-electron chi connectivity index (χ4n) is 5.31. The fraction of sp³-hybridized carbons (Fsp3) is 0.286. The first-order chi connectivity index (χ1) is 15.5. The number of rotatable bonds is 5. The molecule has 1 fully saturated rings. The van der Waals surface area contributed by atoms with Gasteiger partial charge in [0.15, 0.2) is 0 Å². The van der Waals surface area contributed by atoms with Crippen molar-refractivity contribution in [2.24, 2.45) is 5.92 Å². The lowest BCUT2D eigenvalue weighted by molar-refractivity contribution is 0.428.